The van der Waals surface area contributed by atoms with Gasteiger partial charge in [-0.25, -0.2) is 0 Å². The predicted molar refractivity (Wildman–Crippen MR) is 94.3 cm³/mol. The van der Waals surface area contributed by atoms with Crippen molar-refractivity contribution in [3.8, 4) is 5.75 Å². The maximum Gasteiger partial charge on any atom is 0.251 e. The largest absolute Gasteiger partial charge is 0.497 e. The van der Waals surface area contributed by atoms with E-state index in [1.807, 2.05) is 13.8 Å². The fraction of sp³-hybridized carbons (Fsp3) is 0.368. The third-order valence-electron chi connectivity index (χ3n) is 3.70. The van der Waals surface area contributed by atoms with E-state index >= 15 is 0 Å². The maximum atomic E-state index is 12.5. The number of furan rings is 1. The van der Waals surface area contributed by atoms with E-state index in [1.54, 1.807) is 49.8 Å². The van der Waals surface area contributed by atoms with Crippen molar-refractivity contribution in [3.63, 3.8) is 0 Å². The zero-order valence-electron chi connectivity index (χ0n) is 14.7. The normalized spacial score (nSPS) is 11.8. The van der Waals surface area contributed by atoms with Crippen LogP contribution in [0, 0.1) is 5.92 Å². The highest BCUT2D eigenvalue weighted by Gasteiger charge is 2.22. The quantitative estimate of drug-likeness (QED) is 0.772. The van der Waals surface area contributed by atoms with E-state index in [0.717, 1.165) is 0 Å². The van der Waals surface area contributed by atoms with Crippen molar-refractivity contribution in [3.05, 3.63) is 54.0 Å². The molecule has 0 bridgehead atoms. The minimum absolute atomic E-state index is 0.230. The van der Waals surface area contributed by atoms with Crippen molar-refractivity contribution in [2.24, 2.45) is 5.92 Å². The Kier molecular flexibility index (Phi) is 6.62. The molecule has 1 aromatic heterocycles. The zero-order valence-corrected chi connectivity index (χ0v) is 14.7. The lowest BCUT2D eigenvalue weighted by Gasteiger charge is -2.20. The summed E-state index contributed by atoms with van der Waals surface area (Å²) in [7, 11) is 1.57. The summed E-state index contributed by atoms with van der Waals surface area (Å²) in [6.45, 7) is 4.30. The summed E-state index contributed by atoms with van der Waals surface area (Å²) in [5.74, 6) is 1.08. The number of carbonyl (C=O) groups is 2. The average molecular weight is 344 g/mol. The van der Waals surface area contributed by atoms with Crippen molar-refractivity contribution in [2.45, 2.75) is 32.9 Å². The Morgan fingerprint density at radius 3 is 2.44 bits per heavy atom. The number of amides is 2. The second-order valence-corrected chi connectivity index (χ2v) is 6.18. The van der Waals surface area contributed by atoms with Crippen LogP contribution >= 0.6 is 0 Å². The highest BCUT2D eigenvalue weighted by atomic mass is 16.5. The first-order valence-electron chi connectivity index (χ1n) is 8.24. The van der Waals surface area contributed by atoms with Crippen molar-refractivity contribution in [1.82, 2.24) is 10.6 Å². The van der Waals surface area contributed by atoms with Crippen molar-refractivity contribution >= 4 is 11.8 Å². The number of hydrogen-bond donors (Lipinski definition) is 2. The van der Waals surface area contributed by atoms with E-state index < -0.39 is 6.04 Å². The van der Waals surface area contributed by atoms with E-state index in [4.69, 9.17) is 9.15 Å². The predicted octanol–water partition coefficient (Wildman–Crippen LogP) is 2.75. The molecule has 25 heavy (non-hydrogen) atoms. The van der Waals surface area contributed by atoms with Gasteiger partial charge in [0.2, 0.25) is 5.91 Å². The topological polar surface area (TPSA) is 80.6 Å². The fourth-order valence-corrected chi connectivity index (χ4v) is 2.40. The Labute approximate surface area is 147 Å². The number of hydrogen-bond acceptors (Lipinski definition) is 4. The van der Waals surface area contributed by atoms with Gasteiger partial charge in [0.05, 0.1) is 19.9 Å². The van der Waals surface area contributed by atoms with Crippen LogP contribution in [0.5, 0.6) is 5.75 Å². The summed E-state index contributed by atoms with van der Waals surface area (Å²) in [4.78, 5) is 24.9. The molecule has 1 aromatic carbocycles. The first kappa shape index (κ1) is 18.6. The minimum Gasteiger partial charge on any atom is -0.497 e. The first-order chi connectivity index (χ1) is 12.0. The molecular weight excluding hydrogens is 320 g/mol. The number of ether oxygens (including phenoxy) is 1. The Morgan fingerprint density at radius 2 is 1.88 bits per heavy atom. The monoisotopic (exact) mass is 344 g/mol. The molecule has 6 nitrogen and oxygen atoms in total. The van der Waals surface area contributed by atoms with Gasteiger partial charge in [-0.2, -0.15) is 0 Å². The third kappa shape index (κ3) is 5.67. The van der Waals surface area contributed by atoms with Gasteiger partial charge in [0.15, 0.2) is 0 Å². The molecular formula is C19H24N2O4. The van der Waals surface area contributed by atoms with Crippen LogP contribution in [0.25, 0.3) is 0 Å². The molecule has 0 unspecified atom stereocenters. The molecule has 0 fully saturated rings. The van der Waals surface area contributed by atoms with E-state index in [2.05, 4.69) is 10.6 Å². The van der Waals surface area contributed by atoms with E-state index in [-0.39, 0.29) is 17.7 Å². The van der Waals surface area contributed by atoms with Crippen LogP contribution in [0.1, 0.15) is 36.4 Å². The molecule has 0 radical (unpaired) electrons. The number of nitrogens with one attached hydrogen (secondary N) is 2. The number of benzene rings is 1. The van der Waals surface area contributed by atoms with Gasteiger partial charge in [-0.1, -0.05) is 13.8 Å². The molecule has 1 heterocycles. The van der Waals surface area contributed by atoms with Gasteiger partial charge in [-0.05, 0) is 48.7 Å². The molecule has 0 aliphatic carbocycles. The van der Waals surface area contributed by atoms with Crippen LogP contribution in [0.15, 0.2) is 47.1 Å². The highest BCUT2D eigenvalue weighted by molar-refractivity contribution is 5.97. The molecule has 0 spiro atoms. The van der Waals surface area contributed by atoms with Gasteiger partial charge in [0, 0.05) is 5.56 Å². The van der Waals surface area contributed by atoms with E-state index in [0.29, 0.717) is 30.0 Å². The maximum absolute atomic E-state index is 12.5. The zero-order chi connectivity index (χ0) is 18.2. The summed E-state index contributed by atoms with van der Waals surface area (Å²) >= 11 is 0. The molecule has 2 aromatic rings. The van der Waals surface area contributed by atoms with Crippen LogP contribution in [0.2, 0.25) is 0 Å². The van der Waals surface area contributed by atoms with Crippen LogP contribution < -0.4 is 15.4 Å². The molecule has 2 N–H and O–H groups in total. The Balaban J connectivity index is 1.99. The average Bonchev–Trinajstić information content (AvgIpc) is 3.12. The Bertz CT molecular complexity index is 678. The minimum atomic E-state index is -0.607. The van der Waals surface area contributed by atoms with E-state index in [9.17, 15) is 9.59 Å². The van der Waals surface area contributed by atoms with Crippen molar-refractivity contribution in [2.75, 3.05) is 7.11 Å². The van der Waals surface area contributed by atoms with Crippen molar-refractivity contribution < 1.29 is 18.7 Å². The lowest BCUT2D eigenvalue weighted by Crippen LogP contribution is -2.47. The molecule has 0 saturated heterocycles. The van der Waals surface area contributed by atoms with Crippen LogP contribution in [-0.4, -0.2) is 25.0 Å². The standard InChI is InChI=1S/C19H24N2O4/c1-13(2)11-17(19(23)20-12-16-5-4-10-25-16)21-18(22)14-6-8-15(24-3)9-7-14/h4-10,13,17H,11-12H2,1-3H3,(H,20,23)(H,21,22)/t17-/m0/s1. The third-order valence-corrected chi connectivity index (χ3v) is 3.70. The lowest BCUT2D eigenvalue weighted by molar-refractivity contribution is -0.123. The molecule has 2 rings (SSSR count). The second-order valence-electron chi connectivity index (χ2n) is 6.18. The molecule has 0 aliphatic heterocycles. The van der Waals surface area contributed by atoms with Gasteiger partial charge in [0.1, 0.15) is 17.6 Å². The molecule has 134 valence electrons. The second kappa shape index (κ2) is 8.92. The SMILES string of the molecule is COc1ccc(C(=O)N[C@@H](CC(C)C)C(=O)NCc2ccco2)cc1. The van der Waals surface area contributed by atoms with Gasteiger partial charge in [-0.15, -0.1) is 0 Å². The smallest absolute Gasteiger partial charge is 0.251 e. The first-order valence-corrected chi connectivity index (χ1v) is 8.24. The van der Waals surface area contributed by atoms with Crippen LogP contribution in [-0.2, 0) is 11.3 Å². The lowest BCUT2D eigenvalue weighted by atomic mass is 10.0. The number of rotatable bonds is 8. The van der Waals surface area contributed by atoms with Crippen LogP contribution in [0.3, 0.4) is 0 Å². The van der Waals surface area contributed by atoms with Gasteiger partial charge in [-0.3, -0.25) is 9.59 Å². The summed E-state index contributed by atoms with van der Waals surface area (Å²) in [5.41, 5.74) is 0.480. The molecule has 0 saturated carbocycles. The van der Waals surface area contributed by atoms with Gasteiger partial charge >= 0.3 is 0 Å². The molecule has 0 aliphatic rings. The molecule has 2 amide bonds. The number of methoxy groups -OCH3 is 1. The van der Waals surface area contributed by atoms with Crippen LogP contribution in [0.4, 0.5) is 0 Å². The highest BCUT2D eigenvalue weighted by Crippen LogP contribution is 2.12. The molecule has 1 atom stereocenters. The Morgan fingerprint density at radius 1 is 1.16 bits per heavy atom. The van der Waals surface area contributed by atoms with E-state index in [1.165, 1.54) is 0 Å². The number of carbonyl (C=O) groups excluding carboxylic acids is 2. The fourth-order valence-electron chi connectivity index (χ4n) is 2.40. The van der Waals surface area contributed by atoms with Crippen molar-refractivity contribution in [1.29, 1.82) is 0 Å². The van der Waals surface area contributed by atoms with Gasteiger partial charge in [0.25, 0.3) is 5.91 Å². The summed E-state index contributed by atoms with van der Waals surface area (Å²) in [5, 5.41) is 5.61. The summed E-state index contributed by atoms with van der Waals surface area (Å²) in [6, 6.07) is 9.70. The summed E-state index contributed by atoms with van der Waals surface area (Å²) < 4.78 is 10.3. The summed E-state index contributed by atoms with van der Waals surface area (Å²) in [6.07, 6.45) is 2.10. The molecule has 6 heteroatoms. The van der Waals surface area contributed by atoms with Gasteiger partial charge < -0.3 is 19.8 Å². The Hall–Kier alpha value is -2.76.